The Kier molecular flexibility index (Phi) is 4.14. The van der Waals surface area contributed by atoms with Gasteiger partial charge in [-0.25, -0.2) is 0 Å². The third kappa shape index (κ3) is 3.37. The highest BCUT2D eigenvalue weighted by Gasteiger charge is 2.38. The minimum atomic E-state index is 0.488. The summed E-state index contributed by atoms with van der Waals surface area (Å²) in [7, 11) is 1.83. The number of nitrogens with one attached hydrogen (secondary N) is 3. The average molecular weight is 290 g/mol. The Labute approximate surface area is 126 Å². The quantitative estimate of drug-likeness (QED) is 0.568. The molecule has 2 atom stereocenters. The molecule has 2 fully saturated rings. The van der Waals surface area contributed by atoms with Crippen LogP contribution in [0, 0.1) is 12.8 Å². The van der Waals surface area contributed by atoms with E-state index in [1.54, 1.807) is 0 Å². The zero-order chi connectivity index (χ0) is 14.8. The number of aliphatic imine (C=N–C) groups is 1. The predicted molar refractivity (Wildman–Crippen MR) is 84.2 cm³/mol. The Morgan fingerprint density at radius 3 is 2.90 bits per heavy atom. The predicted octanol–water partition coefficient (Wildman–Crippen LogP) is 0.866. The molecule has 2 aliphatic rings. The van der Waals surface area contributed by atoms with Crippen LogP contribution >= 0.6 is 0 Å². The first-order valence-electron chi connectivity index (χ1n) is 7.87. The Balaban J connectivity index is 1.51. The van der Waals surface area contributed by atoms with Crippen LogP contribution in [0.2, 0.25) is 0 Å². The van der Waals surface area contributed by atoms with E-state index in [-0.39, 0.29) is 0 Å². The van der Waals surface area contributed by atoms with Crippen molar-refractivity contribution >= 4 is 5.96 Å². The molecule has 3 N–H and O–H groups in total. The van der Waals surface area contributed by atoms with Crippen LogP contribution in [0.4, 0.5) is 0 Å². The molecule has 1 saturated carbocycles. The molecular weight excluding hydrogens is 264 g/mol. The Hall–Kier alpha value is -1.56. The van der Waals surface area contributed by atoms with E-state index in [1.165, 1.54) is 24.9 Å². The van der Waals surface area contributed by atoms with Crippen molar-refractivity contribution in [1.29, 1.82) is 0 Å². The summed E-state index contributed by atoms with van der Waals surface area (Å²) in [5, 5.41) is 14.0. The van der Waals surface area contributed by atoms with Gasteiger partial charge in [-0.3, -0.25) is 15.0 Å². The lowest BCUT2D eigenvalue weighted by atomic mass is 10.1. The van der Waals surface area contributed by atoms with Crippen molar-refractivity contribution in [3.8, 4) is 0 Å². The van der Waals surface area contributed by atoms with Gasteiger partial charge in [-0.15, -0.1) is 0 Å². The van der Waals surface area contributed by atoms with E-state index in [0.29, 0.717) is 12.0 Å². The van der Waals surface area contributed by atoms with Gasteiger partial charge in [0.05, 0.1) is 6.20 Å². The number of nitrogens with zero attached hydrogens (tertiary/aromatic N) is 3. The van der Waals surface area contributed by atoms with Gasteiger partial charge in [0.2, 0.25) is 0 Å². The number of guanidine groups is 1. The topological polar surface area (TPSA) is 68.3 Å². The van der Waals surface area contributed by atoms with Crippen LogP contribution in [0.3, 0.4) is 0 Å². The molecule has 6 heteroatoms. The largest absolute Gasteiger partial charge is 0.352 e. The van der Waals surface area contributed by atoms with Crippen molar-refractivity contribution < 1.29 is 0 Å². The Morgan fingerprint density at radius 2 is 2.29 bits per heavy atom. The molecule has 116 valence electrons. The van der Waals surface area contributed by atoms with E-state index in [1.807, 2.05) is 20.2 Å². The molecule has 3 rings (SSSR count). The monoisotopic (exact) mass is 290 g/mol. The molecule has 1 aliphatic carbocycles. The van der Waals surface area contributed by atoms with Crippen LogP contribution in [-0.4, -0.2) is 53.3 Å². The summed E-state index contributed by atoms with van der Waals surface area (Å²) < 4.78 is 0. The standard InChI is InChI=1S/C15H26N6/c1-10-8-21(13-4-5-13)9-14(10)19-15(16-3)17-6-12-7-18-20-11(12)2/h7,10,13-14H,4-6,8-9H2,1-3H3,(H,18,20)(H2,16,17,19). The second-order valence-corrected chi connectivity index (χ2v) is 6.36. The zero-order valence-electron chi connectivity index (χ0n) is 13.2. The van der Waals surface area contributed by atoms with Gasteiger partial charge in [0.25, 0.3) is 0 Å². The van der Waals surface area contributed by atoms with Crippen molar-refractivity contribution in [2.75, 3.05) is 20.1 Å². The molecule has 1 aromatic rings. The number of rotatable bonds is 4. The van der Waals surface area contributed by atoms with Crippen molar-refractivity contribution in [3.05, 3.63) is 17.5 Å². The summed E-state index contributed by atoms with van der Waals surface area (Å²) in [6.45, 7) is 7.45. The Bertz CT molecular complexity index is 504. The molecular formula is C15H26N6. The van der Waals surface area contributed by atoms with Crippen LogP contribution in [0.1, 0.15) is 31.0 Å². The number of aryl methyl sites for hydroxylation is 1. The highest BCUT2D eigenvalue weighted by Crippen LogP contribution is 2.31. The number of likely N-dealkylation sites (tertiary alicyclic amines) is 1. The number of aromatic amines is 1. The summed E-state index contributed by atoms with van der Waals surface area (Å²) in [6.07, 6.45) is 4.63. The third-order valence-electron chi connectivity index (χ3n) is 4.63. The van der Waals surface area contributed by atoms with Crippen LogP contribution in [0.5, 0.6) is 0 Å². The maximum atomic E-state index is 4.35. The molecule has 21 heavy (non-hydrogen) atoms. The maximum Gasteiger partial charge on any atom is 0.191 e. The summed E-state index contributed by atoms with van der Waals surface area (Å²) in [4.78, 5) is 6.97. The minimum Gasteiger partial charge on any atom is -0.352 e. The fourth-order valence-electron chi connectivity index (χ4n) is 3.03. The first-order chi connectivity index (χ1) is 10.2. The summed E-state index contributed by atoms with van der Waals surface area (Å²) in [6, 6.07) is 1.34. The first-order valence-corrected chi connectivity index (χ1v) is 7.87. The molecule has 1 saturated heterocycles. The van der Waals surface area contributed by atoms with Gasteiger partial charge in [0.15, 0.2) is 5.96 Å². The third-order valence-corrected chi connectivity index (χ3v) is 4.63. The molecule has 0 aromatic carbocycles. The van der Waals surface area contributed by atoms with Crippen molar-refractivity contribution in [1.82, 2.24) is 25.7 Å². The number of H-pyrrole nitrogens is 1. The summed E-state index contributed by atoms with van der Waals surface area (Å²) >= 11 is 0. The van der Waals surface area contributed by atoms with Crippen LogP contribution in [-0.2, 0) is 6.54 Å². The van der Waals surface area contributed by atoms with E-state index in [0.717, 1.165) is 30.8 Å². The fraction of sp³-hybridized carbons (Fsp3) is 0.733. The molecule has 0 bridgehead atoms. The van der Waals surface area contributed by atoms with Gasteiger partial charge in [-0.05, 0) is 25.7 Å². The smallest absolute Gasteiger partial charge is 0.191 e. The van der Waals surface area contributed by atoms with Crippen LogP contribution in [0.25, 0.3) is 0 Å². The van der Waals surface area contributed by atoms with Crippen LogP contribution in [0.15, 0.2) is 11.2 Å². The SMILES string of the molecule is CN=C(NCc1cn[nH]c1C)NC1CN(C2CC2)CC1C. The zero-order valence-corrected chi connectivity index (χ0v) is 13.2. The lowest BCUT2D eigenvalue weighted by Gasteiger charge is -2.20. The van der Waals surface area contributed by atoms with Gasteiger partial charge in [-0.1, -0.05) is 6.92 Å². The molecule has 1 aliphatic heterocycles. The van der Waals surface area contributed by atoms with Gasteiger partial charge in [0.1, 0.15) is 0 Å². The second-order valence-electron chi connectivity index (χ2n) is 6.36. The van der Waals surface area contributed by atoms with Gasteiger partial charge < -0.3 is 10.6 Å². The van der Waals surface area contributed by atoms with E-state index >= 15 is 0 Å². The van der Waals surface area contributed by atoms with E-state index in [9.17, 15) is 0 Å². The lowest BCUT2D eigenvalue weighted by Crippen LogP contribution is -2.46. The summed E-state index contributed by atoms with van der Waals surface area (Å²) in [5.74, 6) is 1.55. The number of hydrogen-bond donors (Lipinski definition) is 3. The van der Waals surface area contributed by atoms with E-state index in [4.69, 9.17) is 0 Å². The molecule has 6 nitrogen and oxygen atoms in total. The van der Waals surface area contributed by atoms with Crippen molar-refractivity contribution in [2.24, 2.45) is 10.9 Å². The van der Waals surface area contributed by atoms with Crippen LogP contribution < -0.4 is 10.6 Å². The van der Waals surface area contributed by atoms with E-state index in [2.05, 4.69) is 37.6 Å². The van der Waals surface area contributed by atoms with Gasteiger partial charge in [0, 0.05) is 50.0 Å². The summed E-state index contributed by atoms with van der Waals surface area (Å²) in [5.41, 5.74) is 2.28. The van der Waals surface area contributed by atoms with E-state index < -0.39 is 0 Å². The number of hydrogen-bond acceptors (Lipinski definition) is 3. The van der Waals surface area contributed by atoms with Gasteiger partial charge >= 0.3 is 0 Å². The lowest BCUT2D eigenvalue weighted by molar-refractivity contribution is 0.315. The molecule has 1 aromatic heterocycles. The second kappa shape index (κ2) is 6.05. The molecule has 2 unspecified atom stereocenters. The minimum absolute atomic E-state index is 0.488. The highest BCUT2D eigenvalue weighted by atomic mass is 15.3. The highest BCUT2D eigenvalue weighted by molar-refractivity contribution is 5.80. The molecule has 2 heterocycles. The Morgan fingerprint density at radius 1 is 1.48 bits per heavy atom. The van der Waals surface area contributed by atoms with Crippen molar-refractivity contribution in [3.63, 3.8) is 0 Å². The maximum absolute atomic E-state index is 4.35. The molecule has 0 amide bonds. The van der Waals surface area contributed by atoms with Gasteiger partial charge in [-0.2, -0.15) is 5.10 Å². The fourth-order valence-corrected chi connectivity index (χ4v) is 3.03. The van der Waals surface area contributed by atoms with Crippen molar-refractivity contribution in [2.45, 2.75) is 45.3 Å². The molecule has 0 radical (unpaired) electrons. The average Bonchev–Trinajstić information content (AvgIpc) is 3.15. The molecule has 0 spiro atoms. The first kappa shape index (κ1) is 14.4. The number of aromatic nitrogens is 2. The normalized spacial score (nSPS) is 27.1.